The van der Waals surface area contributed by atoms with Crippen LogP contribution in [0.25, 0.3) is 0 Å². The minimum Gasteiger partial charge on any atom is -0.348 e. The Balaban J connectivity index is 2.03. The molecule has 84 valence electrons. The zero-order chi connectivity index (χ0) is 11.7. The van der Waals surface area contributed by atoms with Gasteiger partial charge in [0, 0.05) is 36.0 Å². The van der Waals surface area contributed by atoms with Gasteiger partial charge in [-0.05, 0) is 13.8 Å². The van der Waals surface area contributed by atoms with Crippen molar-refractivity contribution in [1.82, 2.24) is 14.9 Å². The van der Waals surface area contributed by atoms with Gasteiger partial charge in [0.1, 0.15) is 0 Å². The van der Waals surface area contributed by atoms with Gasteiger partial charge in [-0.25, -0.2) is 4.98 Å². The molecule has 1 aliphatic rings. The number of carbonyl (C=O) groups excluding carboxylic acids is 2. The van der Waals surface area contributed by atoms with Crippen LogP contribution in [0, 0.1) is 0 Å². The van der Waals surface area contributed by atoms with Crippen molar-refractivity contribution in [2.45, 2.75) is 20.3 Å². The molecule has 0 aromatic carbocycles. The number of nitrogens with one attached hydrogen (secondary N) is 1. The van der Waals surface area contributed by atoms with E-state index in [0.717, 1.165) is 5.69 Å². The molecule has 2 amide bonds. The number of carbonyl (C=O) groups is 2. The van der Waals surface area contributed by atoms with Gasteiger partial charge in [-0.1, -0.05) is 0 Å². The number of hydrogen-bond acceptors (Lipinski definition) is 3. The summed E-state index contributed by atoms with van der Waals surface area (Å²) < 4.78 is 0. The summed E-state index contributed by atoms with van der Waals surface area (Å²) in [5.74, 6) is -0.357. The largest absolute Gasteiger partial charge is 0.348 e. The fraction of sp³-hybridized carbons (Fsp3) is 0.364. The van der Waals surface area contributed by atoms with Crippen LogP contribution in [-0.2, 0) is 16.0 Å². The van der Waals surface area contributed by atoms with E-state index in [-0.39, 0.29) is 11.8 Å². The Morgan fingerprint density at radius 1 is 1.25 bits per heavy atom. The third kappa shape index (κ3) is 1.64. The zero-order valence-corrected chi connectivity index (χ0v) is 9.28. The Labute approximate surface area is 93.2 Å². The monoisotopic (exact) mass is 219 g/mol. The molecule has 0 saturated carbocycles. The van der Waals surface area contributed by atoms with Crippen molar-refractivity contribution in [1.29, 1.82) is 0 Å². The first-order valence-electron chi connectivity index (χ1n) is 5.12. The fourth-order valence-electron chi connectivity index (χ4n) is 1.67. The standard InChI is InChI=1S/C11H13N3O2/c1-7-8(2)11(16)14(10(7)15)4-3-9-5-12-6-13-9/h5-6H,3-4H2,1-2H3,(H,12,13). The Hall–Kier alpha value is -1.91. The normalized spacial score (nSPS) is 16.5. The van der Waals surface area contributed by atoms with E-state index in [2.05, 4.69) is 9.97 Å². The highest BCUT2D eigenvalue weighted by Gasteiger charge is 2.32. The summed E-state index contributed by atoms with van der Waals surface area (Å²) in [7, 11) is 0. The Morgan fingerprint density at radius 2 is 1.88 bits per heavy atom. The van der Waals surface area contributed by atoms with Gasteiger partial charge in [-0.15, -0.1) is 0 Å². The number of nitrogens with zero attached hydrogens (tertiary/aromatic N) is 2. The van der Waals surface area contributed by atoms with E-state index in [4.69, 9.17) is 0 Å². The van der Waals surface area contributed by atoms with Crippen LogP contribution < -0.4 is 0 Å². The predicted molar refractivity (Wildman–Crippen MR) is 57.4 cm³/mol. The van der Waals surface area contributed by atoms with Gasteiger partial charge in [-0.3, -0.25) is 14.5 Å². The quantitative estimate of drug-likeness (QED) is 0.759. The second kappa shape index (κ2) is 3.92. The van der Waals surface area contributed by atoms with E-state index in [0.29, 0.717) is 24.1 Å². The van der Waals surface area contributed by atoms with Gasteiger partial charge in [0.15, 0.2) is 0 Å². The lowest BCUT2D eigenvalue weighted by Crippen LogP contribution is -2.33. The Morgan fingerprint density at radius 3 is 2.38 bits per heavy atom. The molecule has 1 N–H and O–H groups in total. The van der Waals surface area contributed by atoms with Crippen molar-refractivity contribution in [3.63, 3.8) is 0 Å². The summed E-state index contributed by atoms with van der Waals surface area (Å²) in [6.07, 6.45) is 3.88. The maximum atomic E-state index is 11.7. The second-order valence-electron chi connectivity index (χ2n) is 3.84. The van der Waals surface area contributed by atoms with E-state index >= 15 is 0 Å². The maximum Gasteiger partial charge on any atom is 0.256 e. The van der Waals surface area contributed by atoms with Gasteiger partial charge in [0.05, 0.1) is 6.33 Å². The maximum absolute atomic E-state index is 11.7. The van der Waals surface area contributed by atoms with Crippen LogP contribution in [0.15, 0.2) is 23.7 Å². The first-order chi connectivity index (χ1) is 7.61. The number of imide groups is 1. The second-order valence-corrected chi connectivity index (χ2v) is 3.84. The van der Waals surface area contributed by atoms with Crippen molar-refractivity contribution in [3.8, 4) is 0 Å². The average molecular weight is 219 g/mol. The van der Waals surface area contributed by atoms with Crippen molar-refractivity contribution < 1.29 is 9.59 Å². The third-order valence-corrected chi connectivity index (χ3v) is 2.85. The molecule has 1 aromatic heterocycles. The van der Waals surface area contributed by atoms with Gasteiger partial charge in [0.25, 0.3) is 11.8 Å². The number of amides is 2. The van der Waals surface area contributed by atoms with Crippen LogP contribution >= 0.6 is 0 Å². The topological polar surface area (TPSA) is 66.1 Å². The molecule has 1 aromatic rings. The fourth-order valence-corrected chi connectivity index (χ4v) is 1.67. The molecule has 0 radical (unpaired) electrons. The summed E-state index contributed by atoms with van der Waals surface area (Å²) in [5.41, 5.74) is 2.02. The molecular formula is C11H13N3O2. The average Bonchev–Trinajstić information content (AvgIpc) is 2.84. The van der Waals surface area contributed by atoms with Crippen molar-refractivity contribution >= 4 is 11.8 Å². The molecule has 0 unspecified atom stereocenters. The third-order valence-electron chi connectivity index (χ3n) is 2.85. The molecule has 2 rings (SSSR count). The van der Waals surface area contributed by atoms with Gasteiger partial charge in [-0.2, -0.15) is 0 Å². The summed E-state index contributed by atoms with van der Waals surface area (Å²) in [6, 6.07) is 0. The van der Waals surface area contributed by atoms with Crippen LogP contribution in [0.3, 0.4) is 0 Å². The van der Waals surface area contributed by atoms with Gasteiger partial charge >= 0.3 is 0 Å². The summed E-state index contributed by atoms with van der Waals surface area (Å²) in [6.45, 7) is 3.77. The van der Waals surface area contributed by atoms with E-state index < -0.39 is 0 Å². The SMILES string of the molecule is CC1=C(C)C(=O)N(CCc2cnc[nH]2)C1=O. The molecule has 5 nitrogen and oxygen atoms in total. The summed E-state index contributed by atoms with van der Waals surface area (Å²) in [4.78, 5) is 31.5. The summed E-state index contributed by atoms with van der Waals surface area (Å²) >= 11 is 0. The molecular weight excluding hydrogens is 206 g/mol. The molecule has 0 spiro atoms. The molecule has 0 fully saturated rings. The molecule has 1 aliphatic heterocycles. The van der Waals surface area contributed by atoms with E-state index in [1.807, 2.05) is 0 Å². The number of H-pyrrole nitrogens is 1. The zero-order valence-electron chi connectivity index (χ0n) is 9.28. The smallest absolute Gasteiger partial charge is 0.256 e. The highest BCUT2D eigenvalue weighted by Crippen LogP contribution is 2.19. The van der Waals surface area contributed by atoms with E-state index in [1.54, 1.807) is 26.4 Å². The predicted octanol–water partition coefficient (Wildman–Crippen LogP) is 0.657. The number of hydrogen-bond donors (Lipinski definition) is 1. The first kappa shape index (κ1) is 10.6. The van der Waals surface area contributed by atoms with E-state index in [1.165, 1.54) is 4.90 Å². The molecule has 0 aliphatic carbocycles. The number of imidazole rings is 1. The van der Waals surface area contributed by atoms with Crippen LogP contribution in [-0.4, -0.2) is 33.2 Å². The Kier molecular flexibility index (Phi) is 2.60. The lowest BCUT2D eigenvalue weighted by Gasteiger charge is -2.13. The lowest BCUT2D eigenvalue weighted by molar-refractivity contribution is -0.137. The number of aromatic nitrogens is 2. The van der Waals surface area contributed by atoms with Crippen LogP contribution in [0.5, 0.6) is 0 Å². The van der Waals surface area contributed by atoms with Crippen molar-refractivity contribution in [2.24, 2.45) is 0 Å². The minimum absolute atomic E-state index is 0.179. The molecule has 2 heterocycles. The van der Waals surface area contributed by atoms with Gasteiger partial charge in [0.2, 0.25) is 0 Å². The van der Waals surface area contributed by atoms with Gasteiger partial charge < -0.3 is 4.98 Å². The number of aromatic amines is 1. The molecule has 5 heteroatoms. The highest BCUT2D eigenvalue weighted by molar-refractivity contribution is 6.18. The Bertz CT molecular complexity index is 436. The number of rotatable bonds is 3. The van der Waals surface area contributed by atoms with Crippen LogP contribution in [0.1, 0.15) is 19.5 Å². The lowest BCUT2D eigenvalue weighted by atomic mass is 10.2. The van der Waals surface area contributed by atoms with Crippen LogP contribution in [0.4, 0.5) is 0 Å². The molecule has 0 saturated heterocycles. The van der Waals surface area contributed by atoms with Crippen molar-refractivity contribution in [2.75, 3.05) is 6.54 Å². The molecule has 16 heavy (non-hydrogen) atoms. The first-order valence-corrected chi connectivity index (χ1v) is 5.12. The molecule has 0 atom stereocenters. The van der Waals surface area contributed by atoms with Crippen molar-refractivity contribution in [3.05, 3.63) is 29.4 Å². The molecule has 0 bridgehead atoms. The van der Waals surface area contributed by atoms with E-state index in [9.17, 15) is 9.59 Å². The highest BCUT2D eigenvalue weighted by atomic mass is 16.2. The van der Waals surface area contributed by atoms with Crippen LogP contribution in [0.2, 0.25) is 0 Å². The minimum atomic E-state index is -0.179. The summed E-state index contributed by atoms with van der Waals surface area (Å²) in [5, 5.41) is 0.